The zero-order valence-electron chi connectivity index (χ0n) is 12.9. The molecule has 19 heavy (non-hydrogen) atoms. The standard InChI is InChI=1S/C17H28N2/c1-13-5-6-16(15(11-13)12-14(2)18)19-9-7-17(3,4)8-10-19/h5-6,11,14H,7-10,12,18H2,1-4H3. The third-order valence-corrected chi connectivity index (χ3v) is 4.23. The molecule has 2 rings (SSSR count). The van der Waals surface area contributed by atoms with E-state index < -0.39 is 0 Å². The first-order valence-corrected chi connectivity index (χ1v) is 7.47. The van der Waals surface area contributed by atoms with Crippen molar-refractivity contribution < 1.29 is 0 Å². The minimum Gasteiger partial charge on any atom is -0.371 e. The van der Waals surface area contributed by atoms with Crippen molar-refractivity contribution in [2.45, 2.75) is 53.0 Å². The van der Waals surface area contributed by atoms with Crippen molar-refractivity contribution in [2.24, 2.45) is 11.1 Å². The van der Waals surface area contributed by atoms with E-state index in [2.05, 4.69) is 50.8 Å². The van der Waals surface area contributed by atoms with Crippen LogP contribution in [0.5, 0.6) is 0 Å². The molecule has 0 amide bonds. The highest BCUT2D eigenvalue weighted by Crippen LogP contribution is 2.33. The van der Waals surface area contributed by atoms with Crippen LogP contribution in [0.15, 0.2) is 18.2 Å². The molecule has 2 nitrogen and oxygen atoms in total. The molecule has 106 valence electrons. The Bertz CT molecular complexity index is 425. The normalized spacial score (nSPS) is 20.4. The lowest BCUT2D eigenvalue weighted by atomic mass is 9.82. The van der Waals surface area contributed by atoms with Crippen molar-refractivity contribution in [2.75, 3.05) is 18.0 Å². The van der Waals surface area contributed by atoms with Crippen LogP contribution in [0.3, 0.4) is 0 Å². The molecule has 1 aromatic carbocycles. The highest BCUT2D eigenvalue weighted by Gasteiger charge is 2.26. The summed E-state index contributed by atoms with van der Waals surface area (Å²) in [5.41, 5.74) is 10.6. The van der Waals surface area contributed by atoms with E-state index in [0.29, 0.717) is 5.41 Å². The number of anilines is 1. The number of nitrogens with zero attached hydrogens (tertiary/aromatic N) is 1. The van der Waals surface area contributed by atoms with Gasteiger partial charge in [-0.25, -0.2) is 0 Å². The van der Waals surface area contributed by atoms with Gasteiger partial charge in [0.15, 0.2) is 0 Å². The molecule has 0 saturated carbocycles. The number of nitrogens with two attached hydrogens (primary N) is 1. The predicted molar refractivity (Wildman–Crippen MR) is 83.8 cm³/mol. The van der Waals surface area contributed by atoms with Gasteiger partial charge in [0, 0.05) is 24.8 Å². The van der Waals surface area contributed by atoms with Gasteiger partial charge in [0.2, 0.25) is 0 Å². The molecule has 1 aliphatic rings. The van der Waals surface area contributed by atoms with E-state index in [1.807, 2.05) is 0 Å². The number of hydrogen-bond donors (Lipinski definition) is 1. The number of benzene rings is 1. The first-order chi connectivity index (χ1) is 8.87. The molecule has 1 atom stereocenters. The Hall–Kier alpha value is -1.02. The van der Waals surface area contributed by atoms with Crippen molar-refractivity contribution >= 4 is 5.69 Å². The summed E-state index contributed by atoms with van der Waals surface area (Å²) in [5.74, 6) is 0. The van der Waals surface area contributed by atoms with Gasteiger partial charge >= 0.3 is 0 Å². The number of piperidine rings is 1. The summed E-state index contributed by atoms with van der Waals surface area (Å²) in [6.45, 7) is 11.3. The summed E-state index contributed by atoms with van der Waals surface area (Å²) >= 11 is 0. The molecule has 0 spiro atoms. The van der Waals surface area contributed by atoms with Gasteiger partial charge in [-0.15, -0.1) is 0 Å². The maximum absolute atomic E-state index is 6.00. The van der Waals surface area contributed by atoms with Crippen molar-refractivity contribution in [1.82, 2.24) is 0 Å². The van der Waals surface area contributed by atoms with Gasteiger partial charge in [0.05, 0.1) is 0 Å². The Labute approximate surface area is 118 Å². The molecule has 0 bridgehead atoms. The van der Waals surface area contributed by atoms with Gasteiger partial charge in [-0.05, 0) is 50.2 Å². The second-order valence-corrected chi connectivity index (χ2v) is 6.96. The summed E-state index contributed by atoms with van der Waals surface area (Å²) in [5, 5.41) is 0. The van der Waals surface area contributed by atoms with Crippen LogP contribution >= 0.6 is 0 Å². The summed E-state index contributed by atoms with van der Waals surface area (Å²) in [6, 6.07) is 7.03. The molecule has 1 aliphatic heterocycles. The largest absolute Gasteiger partial charge is 0.371 e. The predicted octanol–water partition coefficient (Wildman–Crippen LogP) is 3.51. The van der Waals surface area contributed by atoms with E-state index in [1.165, 1.54) is 42.7 Å². The van der Waals surface area contributed by atoms with Gasteiger partial charge in [0.25, 0.3) is 0 Å². The number of rotatable bonds is 3. The molecule has 1 fully saturated rings. The van der Waals surface area contributed by atoms with Crippen molar-refractivity contribution in [1.29, 1.82) is 0 Å². The topological polar surface area (TPSA) is 29.3 Å². The highest BCUT2D eigenvalue weighted by atomic mass is 15.1. The second kappa shape index (κ2) is 5.54. The van der Waals surface area contributed by atoms with Gasteiger partial charge in [-0.3, -0.25) is 0 Å². The van der Waals surface area contributed by atoms with Crippen molar-refractivity contribution in [3.8, 4) is 0 Å². The van der Waals surface area contributed by atoms with Crippen LogP contribution in [0.1, 0.15) is 44.7 Å². The lowest BCUT2D eigenvalue weighted by molar-refractivity contribution is 0.279. The van der Waals surface area contributed by atoms with E-state index in [1.54, 1.807) is 0 Å². The van der Waals surface area contributed by atoms with Crippen molar-refractivity contribution in [3.05, 3.63) is 29.3 Å². The summed E-state index contributed by atoms with van der Waals surface area (Å²) in [4.78, 5) is 2.54. The molecule has 1 aromatic rings. The molecule has 1 heterocycles. The van der Waals surface area contributed by atoms with Crippen LogP contribution in [0.25, 0.3) is 0 Å². The number of aryl methyl sites for hydroxylation is 1. The van der Waals surface area contributed by atoms with Crippen molar-refractivity contribution in [3.63, 3.8) is 0 Å². The monoisotopic (exact) mass is 260 g/mol. The Morgan fingerprint density at radius 2 is 1.89 bits per heavy atom. The average Bonchev–Trinajstić information content (AvgIpc) is 2.29. The second-order valence-electron chi connectivity index (χ2n) is 6.96. The van der Waals surface area contributed by atoms with Gasteiger partial charge in [-0.2, -0.15) is 0 Å². The summed E-state index contributed by atoms with van der Waals surface area (Å²) < 4.78 is 0. The van der Waals surface area contributed by atoms with Gasteiger partial charge in [-0.1, -0.05) is 31.5 Å². The Kier molecular flexibility index (Phi) is 4.19. The lowest BCUT2D eigenvalue weighted by Crippen LogP contribution is -2.38. The first-order valence-electron chi connectivity index (χ1n) is 7.47. The zero-order chi connectivity index (χ0) is 14.0. The highest BCUT2D eigenvalue weighted by molar-refractivity contribution is 5.55. The number of hydrogen-bond acceptors (Lipinski definition) is 2. The summed E-state index contributed by atoms with van der Waals surface area (Å²) in [6.07, 6.45) is 3.52. The molecular formula is C17H28N2. The molecule has 0 radical (unpaired) electrons. The summed E-state index contributed by atoms with van der Waals surface area (Å²) in [7, 11) is 0. The Morgan fingerprint density at radius 3 is 2.47 bits per heavy atom. The van der Waals surface area contributed by atoms with Gasteiger partial charge in [0.1, 0.15) is 0 Å². The minimum atomic E-state index is 0.224. The molecule has 1 saturated heterocycles. The van der Waals surface area contributed by atoms with E-state index >= 15 is 0 Å². The fourth-order valence-electron chi connectivity index (χ4n) is 2.89. The third kappa shape index (κ3) is 3.73. The molecule has 2 N–H and O–H groups in total. The first kappa shape index (κ1) is 14.4. The smallest absolute Gasteiger partial charge is 0.0399 e. The van der Waals surface area contributed by atoms with E-state index in [-0.39, 0.29) is 6.04 Å². The zero-order valence-corrected chi connectivity index (χ0v) is 12.9. The maximum atomic E-state index is 6.00. The maximum Gasteiger partial charge on any atom is 0.0399 e. The van der Waals surface area contributed by atoms with Crippen LogP contribution in [0, 0.1) is 12.3 Å². The molecule has 1 unspecified atom stereocenters. The van der Waals surface area contributed by atoms with Crippen LogP contribution in [0.4, 0.5) is 5.69 Å². The third-order valence-electron chi connectivity index (χ3n) is 4.23. The fourth-order valence-corrected chi connectivity index (χ4v) is 2.89. The Balaban J connectivity index is 2.20. The minimum absolute atomic E-state index is 0.224. The van der Waals surface area contributed by atoms with E-state index in [9.17, 15) is 0 Å². The van der Waals surface area contributed by atoms with E-state index in [4.69, 9.17) is 5.73 Å². The lowest BCUT2D eigenvalue weighted by Gasteiger charge is -2.39. The van der Waals surface area contributed by atoms with Crippen LogP contribution in [-0.2, 0) is 6.42 Å². The Morgan fingerprint density at radius 1 is 1.26 bits per heavy atom. The average molecular weight is 260 g/mol. The van der Waals surface area contributed by atoms with E-state index in [0.717, 1.165) is 6.42 Å². The van der Waals surface area contributed by atoms with Gasteiger partial charge < -0.3 is 10.6 Å². The quantitative estimate of drug-likeness (QED) is 0.901. The van der Waals surface area contributed by atoms with Crippen LogP contribution in [0.2, 0.25) is 0 Å². The molecular weight excluding hydrogens is 232 g/mol. The van der Waals surface area contributed by atoms with Crippen LogP contribution in [-0.4, -0.2) is 19.1 Å². The van der Waals surface area contributed by atoms with Crippen LogP contribution < -0.4 is 10.6 Å². The SMILES string of the molecule is Cc1ccc(N2CCC(C)(C)CC2)c(CC(C)N)c1. The fraction of sp³-hybridized carbons (Fsp3) is 0.647. The molecule has 2 heteroatoms. The molecule has 0 aliphatic carbocycles. The molecule has 0 aromatic heterocycles.